The Balaban J connectivity index is 0.00000210. The fraction of sp³-hybridized carbons (Fsp3) is 0.0816. The molecule has 2 aliphatic carbocycles. The summed E-state index contributed by atoms with van der Waals surface area (Å²) in [6, 6.07) is 66.3. The van der Waals surface area contributed by atoms with Gasteiger partial charge in [-0.2, -0.15) is 0 Å². The fourth-order valence-electron chi connectivity index (χ4n) is 9.91. The van der Waals surface area contributed by atoms with Crippen molar-refractivity contribution >= 4 is 43.1 Å². The van der Waals surface area contributed by atoms with Crippen molar-refractivity contribution in [3.05, 3.63) is 231 Å². The normalized spacial score (nSPS) is 13.3. The molecule has 0 saturated carbocycles. The number of benzene rings is 7. The van der Waals surface area contributed by atoms with Crippen molar-refractivity contribution in [3.8, 4) is 11.1 Å². The molecule has 0 nitrogen and oxygen atoms in total. The number of hydrogen-bond acceptors (Lipinski definition) is 0. The second-order valence-corrected chi connectivity index (χ2v) is 28.1. The van der Waals surface area contributed by atoms with Gasteiger partial charge in [0.15, 0.2) is 0 Å². The summed E-state index contributed by atoms with van der Waals surface area (Å²) in [4.78, 5) is 0. The zero-order valence-electron chi connectivity index (χ0n) is 29.1. The van der Waals surface area contributed by atoms with E-state index < -0.39 is 18.3 Å². The Morgan fingerprint density at radius 3 is 1.48 bits per heavy atom. The molecule has 52 heavy (non-hydrogen) atoms. The SMILES string of the molecule is Cl.Cl.[CH2]=[Zr]([C]1=CC=CC1)([c]1cccc2ccc3c(c12)Cc1ccccc1-3)([CH](c1ccccc1)c1ccccc1)[CH](c1ccccc1)c1ccccc1. The van der Waals surface area contributed by atoms with Crippen LogP contribution in [0.1, 0.15) is 47.1 Å². The molecule has 0 fully saturated rings. The molecular weight excluding hydrogens is 751 g/mol. The molecule has 0 amide bonds. The first kappa shape index (κ1) is 36.0. The number of allylic oxidation sites excluding steroid dienone is 4. The van der Waals surface area contributed by atoms with E-state index in [1.807, 2.05) is 0 Å². The molecule has 0 radical (unpaired) electrons. The number of rotatable bonds is 8. The van der Waals surface area contributed by atoms with Crippen molar-refractivity contribution in [2.45, 2.75) is 20.1 Å². The van der Waals surface area contributed by atoms with Gasteiger partial charge in [0.05, 0.1) is 0 Å². The quantitative estimate of drug-likeness (QED) is 0.144. The summed E-state index contributed by atoms with van der Waals surface area (Å²) >= 11 is -5.27. The van der Waals surface area contributed by atoms with Crippen LogP contribution in [-0.4, -0.2) is 4.21 Å². The van der Waals surface area contributed by atoms with Crippen LogP contribution >= 0.6 is 24.8 Å². The van der Waals surface area contributed by atoms with Gasteiger partial charge in [-0.25, -0.2) is 0 Å². The average molecular weight is 793 g/mol. The summed E-state index contributed by atoms with van der Waals surface area (Å²) in [6.07, 6.45) is 9.00. The van der Waals surface area contributed by atoms with Gasteiger partial charge < -0.3 is 0 Å². The predicted molar refractivity (Wildman–Crippen MR) is 225 cm³/mol. The summed E-state index contributed by atoms with van der Waals surface area (Å²) in [5, 5.41) is 2.73. The molecule has 0 unspecified atom stereocenters. The molecule has 2 aliphatic rings. The van der Waals surface area contributed by atoms with Crippen LogP contribution in [0, 0.1) is 0 Å². The van der Waals surface area contributed by atoms with Crippen LogP contribution < -0.4 is 3.27 Å². The molecule has 7 aromatic rings. The zero-order valence-corrected chi connectivity index (χ0v) is 33.2. The third-order valence-corrected chi connectivity index (χ3v) is 30.4. The molecule has 0 spiro atoms. The summed E-state index contributed by atoms with van der Waals surface area (Å²) in [6.45, 7) is 0. The number of halogens is 2. The molecular formula is C49H42Cl2Zr. The van der Waals surface area contributed by atoms with Crippen LogP contribution in [0.15, 0.2) is 197 Å². The molecule has 9 rings (SSSR count). The standard InChI is InChI=1S/C17H11.2C13H11.C5H5.CH2.2ClH.Zr/c1-3-7-14-12(5-1)9-10-16-15-8-4-2-6-13(15)11-17(14)16;2*1-3-7-12(8-4-1)11-13-9-5-2-6-10-13;1-2-4-5-3-1;;;;/h1-6,8-10H,11H2;2*1-11H;1-3H,4H2;1H2;2*1H;. The third-order valence-electron chi connectivity index (χ3n) is 11.8. The fourth-order valence-corrected chi connectivity index (χ4v) is 30.4. The van der Waals surface area contributed by atoms with E-state index in [4.69, 9.17) is 4.21 Å². The van der Waals surface area contributed by atoms with Crippen LogP contribution in [0.2, 0.25) is 0 Å². The van der Waals surface area contributed by atoms with Gasteiger partial charge in [0, 0.05) is 0 Å². The Morgan fingerprint density at radius 1 is 0.481 bits per heavy atom. The Kier molecular flexibility index (Phi) is 10.1. The van der Waals surface area contributed by atoms with E-state index in [1.165, 1.54) is 61.8 Å². The second-order valence-electron chi connectivity index (χ2n) is 14.3. The Labute approximate surface area is 321 Å². The molecule has 7 aromatic carbocycles. The van der Waals surface area contributed by atoms with E-state index in [2.05, 4.69) is 194 Å². The molecule has 3 heteroatoms. The van der Waals surface area contributed by atoms with E-state index >= 15 is 0 Å². The summed E-state index contributed by atoms with van der Waals surface area (Å²) in [7, 11) is 0. The van der Waals surface area contributed by atoms with Crippen molar-refractivity contribution in [1.82, 2.24) is 0 Å². The van der Waals surface area contributed by atoms with Crippen molar-refractivity contribution in [1.29, 1.82) is 0 Å². The van der Waals surface area contributed by atoms with Gasteiger partial charge in [-0.15, -0.1) is 24.8 Å². The average Bonchev–Trinajstić information content (AvgIpc) is 3.87. The van der Waals surface area contributed by atoms with Gasteiger partial charge in [-0.05, 0) is 0 Å². The first-order valence-corrected chi connectivity index (χ1v) is 24.9. The summed E-state index contributed by atoms with van der Waals surface area (Å²) in [5.41, 5.74) is 11.0. The van der Waals surface area contributed by atoms with Crippen LogP contribution in [0.5, 0.6) is 0 Å². The van der Waals surface area contributed by atoms with Gasteiger partial charge in [-0.3, -0.25) is 0 Å². The summed E-state index contributed by atoms with van der Waals surface area (Å²) < 4.78 is 9.21. The molecule has 0 bridgehead atoms. The van der Waals surface area contributed by atoms with Gasteiger partial charge in [-0.1, -0.05) is 0 Å². The molecule has 0 N–H and O–H groups in total. The van der Waals surface area contributed by atoms with E-state index in [0.29, 0.717) is 0 Å². The molecule has 0 heterocycles. The first-order chi connectivity index (χ1) is 24.7. The predicted octanol–water partition coefficient (Wildman–Crippen LogP) is 12.4. The van der Waals surface area contributed by atoms with E-state index in [-0.39, 0.29) is 32.1 Å². The van der Waals surface area contributed by atoms with E-state index in [0.717, 1.165) is 12.8 Å². The number of hydrogen-bond donors (Lipinski definition) is 0. The van der Waals surface area contributed by atoms with Crippen molar-refractivity contribution in [2.75, 3.05) is 0 Å². The summed E-state index contributed by atoms with van der Waals surface area (Å²) in [5.74, 6) is 0. The molecule has 0 saturated heterocycles. The minimum atomic E-state index is -5.27. The Morgan fingerprint density at radius 2 is 0.981 bits per heavy atom. The monoisotopic (exact) mass is 790 g/mol. The molecule has 0 aromatic heterocycles. The van der Waals surface area contributed by atoms with Crippen LogP contribution in [-0.2, 0) is 24.7 Å². The van der Waals surface area contributed by atoms with Gasteiger partial charge >= 0.3 is 299 Å². The van der Waals surface area contributed by atoms with Gasteiger partial charge in [0.2, 0.25) is 0 Å². The second kappa shape index (κ2) is 14.6. The Bertz CT molecular complexity index is 2320. The number of fused-ring (bicyclic) bond motifs is 5. The maximum absolute atomic E-state index is 6.09. The van der Waals surface area contributed by atoms with Crippen molar-refractivity contribution in [3.63, 3.8) is 0 Å². The molecule has 0 atom stereocenters. The van der Waals surface area contributed by atoms with Gasteiger partial charge in [0.25, 0.3) is 0 Å². The Hall–Kier alpha value is -4.39. The van der Waals surface area contributed by atoms with Crippen LogP contribution in [0.4, 0.5) is 0 Å². The first-order valence-electron chi connectivity index (χ1n) is 17.9. The maximum atomic E-state index is 6.09. The van der Waals surface area contributed by atoms with Crippen molar-refractivity contribution in [2.24, 2.45) is 0 Å². The minimum absolute atomic E-state index is 0. The van der Waals surface area contributed by atoms with Crippen LogP contribution in [0.25, 0.3) is 21.9 Å². The molecule has 0 aliphatic heterocycles. The van der Waals surface area contributed by atoms with Gasteiger partial charge in [0.1, 0.15) is 0 Å². The molecule has 256 valence electrons. The van der Waals surface area contributed by atoms with Crippen molar-refractivity contribution < 1.29 is 18.3 Å². The van der Waals surface area contributed by atoms with E-state index in [9.17, 15) is 0 Å². The van der Waals surface area contributed by atoms with Crippen LogP contribution in [0.3, 0.4) is 0 Å². The van der Waals surface area contributed by atoms with E-state index in [1.54, 1.807) is 0 Å². The third kappa shape index (κ3) is 5.49. The zero-order chi connectivity index (χ0) is 33.6. The topological polar surface area (TPSA) is 0 Å².